The topological polar surface area (TPSA) is 29.5 Å². The van der Waals surface area contributed by atoms with Crippen molar-refractivity contribution in [1.82, 2.24) is 0 Å². The van der Waals surface area contributed by atoms with E-state index in [1.165, 1.54) is 0 Å². The van der Waals surface area contributed by atoms with Gasteiger partial charge in [-0.2, -0.15) is 0 Å². The Bertz CT molecular complexity index is 323. The minimum Gasteiger partial charge on any atom is -0.504 e. The van der Waals surface area contributed by atoms with Crippen LogP contribution in [0.2, 0.25) is 0 Å². The Labute approximate surface area is 78.5 Å². The SMILES string of the molecule is COc1cccc(C=C(C)C)c1O. The zero-order valence-electron chi connectivity index (χ0n) is 8.16. The van der Waals surface area contributed by atoms with Crippen LogP contribution in [0.1, 0.15) is 19.4 Å². The van der Waals surface area contributed by atoms with E-state index >= 15 is 0 Å². The lowest BCUT2D eigenvalue weighted by Gasteiger charge is -2.05. The van der Waals surface area contributed by atoms with Crippen LogP contribution >= 0.6 is 0 Å². The van der Waals surface area contributed by atoms with Gasteiger partial charge in [0, 0.05) is 5.56 Å². The fourth-order valence-electron chi connectivity index (χ4n) is 1.13. The third-order valence-corrected chi connectivity index (χ3v) is 1.69. The van der Waals surface area contributed by atoms with Crippen LogP contribution in [0.3, 0.4) is 0 Å². The van der Waals surface area contributed by atoms with Gasteiger partial charge in [0.1, 0.15) is 0 Å². The molecule has 2 heteroatoms. The molecule has 0 aliphatic heterocycles. The molecule has 1 N–H and O–H groups in total. The minimum atomic E-state index is 0.200. The summed E-state index contributed by atoms with van der Waals surface area (Å²) in [7, 11) is 1.54. The highest BCUT2D eigenvalue weighted by molar-refractivity contribution is 5.62. The average Bonchev–Trinajstić information content (AvgIpc) is 2.08. The Morgan fingerprint density at radius 3 is 2.62 bits per heavy atom. The monoisotopic (exact) mass is 178 g/mol. The molecule has 0 heterocycles. The first kappa shape index (κ1) is 9.65. The number of rotatable bonds is 2. The zero-order valence-corrected chi connectivity index (χ0v) is 8.16. The molecule has 1 aromatic carbocycles. The van der Waals surface area contributed by atoms with E-state index in [4.69, 9.17) is 4.74 Å². The van der Waals surface area contributed by atoms with E-state index in [0.29, 0.717) is 5.75 Å². The predicted octanol–water partition coefficient (Wildman–Crippen LogP) is 2.82. The van der Waals surface area contributed by atoms with Crippen molar-refractivity contribution in [3.8, 4) is 11.5 Å². The molecule has 1 rings (SSSR count). The quantitative estimate of drug-likeness (QED) is 0.754. The van der Waals surface area contributed by atoms with Crippen molar-refractivity contribution in [3.05, 3.63) is 29.3 Å². The molecule has 0 unspecified atom stereocenters. The molecule has 0 saturated carbocycles. The number of methoxy groups -OCH3 is 1. The van der Waals surface area contributed by atoms with E-state index in [9.17, 15) is 5.11 Å². The van der Waals surface area contributed by atoms with Crippen molar-refractivity contribution in [2.45, 2.75) is 13.8 Å². The number of hydrogen-bond acceptors (Lipinski definition) is 2. The molecule has 13 heavy (non-hydrogen) atoms. The molecule has 0 fully saturated rings. The van der Waals surface area contributed by atoms with Crippen LogP contribution in [-0.4, -0.2) is 12.2 Å². The van der Waals surface area contributed by atoms with Crippen LogP contribution in [0.4, 0.5) is 0 Å². The Morgan fingerprint density at radius 2 is 2.08 bits per heavy atom. The van der Waals surface area contributed by atoms with E-state index in [1.54, 1.807) is 13.2 Å². The maximum Gasteiger partial charge on any atom is 0.165 e. The fraction of sp³-hybridized carbons (Fsp3) is 0.273. The summed E-state index contributed by atoms with van der Waals surface area (Å²) in [6, 6.07) is 5.44. The Kier molecular flexibility index (Phi) is 2.96. The lowest BCUT2D eigenvalue weighted by atomic mass is 10.1. The molecule has 0 radical (unpaired) electrons. The number of phenols is 1. The van der Waals surface area contributed by atoms with Crippen LogP contribution in [0.5, 0.6) is 11.5 Å². The lowest BCUT2D eigenvalue weighted by Crippen LogP contribution is -1.85. The number of allylic oxidation sites excluding steroid dienone is 1. The molecule has 0 saturated heterocycles. The Morgan fingerprint density at radius 1 is 1.38 bits per heavy atom. The van der Waals surface area contributed by atoms with Crippen LogP contribution in [-0.2, 0) is 0 Å². The molecule has 0 spiro atoms. The van der Waals surface area contributed by atoms with Gasteiger partial charge in [-0.1, -0.05) is 23.8 Å². The largest absolute Gasteiger partial charge is 0.504 e. The van der Waals surface area contributed by atoms with Crippen molar-refractivity contribution in [3.63, 3.8) is 0 Å². The average molecular weight is 178 g/mol. The number of aromatic hydroxyl groups is 1. The van der Waals surface area contributed by atoms with Gasteiger partial charge < -0.3 is 9.84 Å². The van der Waals surface area contributed by atoms with E-state index in [1.807, 2.05) is 32.1 Å². The molecule has 0 aliphatic carbocycles. The third-order valence-electron chi connectivity index (χ3n) is 1.69. The number of para-hydroxylation sites is 1. The second kappa shape index (κ2) is 3.99. The van der Waals surface area contributed by atoms with Gasteiger partial charge in [-0.3, -0.25) is 0 Å². The molecule has 1 aromatic rings. The molecule has 0 aliphatic rings. The van der Waals surface area contributed by atoms with Crippen LogP contribution in [0, 0.1) is 0 Å². The first-order valence-corrected chi connectivity index (χ1v) is 4.16. The highest BCUT2D eigenvalue weighted by Gasteiger charge is 2.03. The Hall–Kier alpha value is -1.44. The molecule has 0 atom stereocenters. The summed E-state index contributed by atoms with van der Waals surface area (Å²) < 4.78 is 4.99. The molecular weight excluding hydrogens is 164 g/mol. The number of ether oxygens (including phenoxy) is 1. The Balaban J connectivity index is 3.16. The van der Waals surface area contributed by atoms with Crippen LogP contribution in [0.25, 0.3) is 6.08 Å². The molecule has 0 aromatic heterocycles. The van der Waals surface area contributed by atoms with Gasteiger partial charge >= 0.3 is 0 Å². The molecule has 70 valence electrons. The molecule has 0 amide bonds. The lowest BCUT2D eigenvalue weighted by molar-refractivity contribution is 0.373. The van der Waals surface area contributed by atoms with Gasteiger partial charge in [-0.15, -0.1) is 0 Å². The van der Waals surface area contributed by atoms with E-state index in [-0.39, 0.29) is 5.75 Å². The summed E-state index contributed by atoms with van der Waals surface area (Å²) >= 11 is 0. The fourth-order valence-corrected chi connectivity index (χ4v) is 1.13. The summed E-state index contributed by atoms with van der Waals surface area (Å²) in [5, 5.41) is 9.67. The summed E-state index contributed by atoms with van der Waals surface area (Å²) in [6.07, 6.45) is 1.91. The summed E-state index contributed by atoms with van der Waals surface area (Å²) in [5.74, 6) is 0.709. The van der Waals surface area contributed by atoms with Crippen molar-refractivity contribution in [2.24, 2.45) is 0 Å². The van der Waals surface area contributed by atoms with Crippen LogP contribution < -0.4 is 4.74 Å². The molecule has 2 nitrogen and oxygen atoms in total. The summed E-state index contributed by atoms with van der Waals surface area (Å²) in [5.41, 5.74) is 1.93. The first-order chi connectivity index (χ1) is 6.15. The van der Waals surface area contributed by atoms with Crippen LogP contribution in [0.15, 0.2) is 23.8 Å². The van der Waals surface area contributed by atoms with E-state index in [2.05, 4.69) is 0 Å². The zero-order chi connectivity index (χ0) is 9.84. The number of phenolic OH excluding ortho intramolecular Hbond substituents is 1. The number of benzene rings is 1. The highest BCUT2D eigenvalue weighted by Crippen LogP contribution is 2.30. The number of hydrogen-bond donors (Lipinski definition) is 1. The van der Waals surface area contributed by atoms with Gasteiger partial charge in [-0.25, -0.2) is 0 Å². The second-order valence-electron chi connectivity index (χ2n) is 3.12. The second-order valence-corrected chi connectivity index (χ2v) is 3.12. The third kappa shape index (κ3) is 2.25. The predicted molar refractivity (Wildman–Crippen MR) is 54.0 cm³/mol. The maximum absolute atomic E-state index is 9.67. The van der Waals surface area contributed by atoms with Crippen molar-refractivity contribution < 1.29 is 9.84 Å². The van der Waals surface area contributed by atoms with Crippen molar-refractivity contribution in [2.75, 3.05) is 7.11 Å². The first-order valence-electron chi connectivity index (χ1n) is 4.16. The standard InChI is InChI=1S/C11H14O2/c1-8(2)7-9-5-4-6-10(13-3)11(9)12/h4-7,12H,1-3H3. The van der Waals surface area contributed by atoms with Gasteiger partial charge in [-0.05, 0) is 19.9 Å². The van der Waals surface area contributed by atoms with Crippen molar-refractivity contribution in [1.29, 1.82) is 0 Å². The molecule has 0 bridgehead atoms. The molecular formula is C11H14O2. The highest BCUT2D eigenvalue weighted by atomic mass is 16.5. The van der Waals surface area contributed by atoms with Gasteiger partial charge in [0.2, 0.25) is 0 Å². The van der Waals surface area contributed by atoms with Crippen molar-refractivity contribution >= 4 is 6.08 Å². The smallest absolute Gasteiger partial charge is 0.165 e. The summed E-state index contributed by atoms with van der Waals surface area (Å²) in [4.78, 5) is 0. The summed E-state index contributed by atoms with van der Waals surface area (Å²) in [6.45, 7) is 3.97. The van der Waals surface area contributed by atoms with Gasteiger partial charge in [0.05, 0.1) is 7.11 Å². The minimum absolute atomic E-state index is 0.200. The van der Waals surface area contributed by atoms with E-state index < -0.39 is 0 Å². The maximum atomic E-state index is 9.67. The van der Waals surface area contributed by atoms with E-state index in [0.717, 1.165) is 11.1 Å². The van der Waals surface area contributed by atoms with Gasteiger partial charge in [0.25, 0.3) is 0 Å². The van der Waals surface area contributed by atoms with Gasteiger partial charge in [0.15, 0.2) is 11.5 Å². The normalized spacial score (nSPS) is 9.46.